The predicted octanol–water partition coefficient (Wildman–Crippen LogP) is 4.95. The third kappa shape index (κ3) is 6.27. The van der Waals surface area contributed by atoms with Crippen molar-refractivity contribution in [2.75, 3.05) is 7.11 Å². The average Bonchev–Trinajstić information content (AvgIpc) is 3.62. The number of hydrogen-bond donors (Lipinski definition) is 0. The van der Waals surface area contributed by atoms with Crippen LogP contribution < -0.4 is 4.74 Å². The van der Waals surface area contributed by atoms with Crippen LogP contribution in [-0.2, 0) is 28.8 Å². The van der Waals surface area contributed by atoms with Crippen molar-refractivity contribution in [3.8, 4) is 5.75 Å². The van der Waals surface area contributed by atoms with Crippen LogP contribution in [0.2, 0.25) is 0 Å². The summed E-state index contributed by atoms with van der Waals surface area (Å²) in [5.41, 5.74) is 2.45. The summed E-state index contributed by atoms with van der Waals surface area (Å²) in [7, 11) is -2.19. The lowest BCUT2D eigenvalue weighted by atomic mass is 10.0. The van der Waals surface area contributed by atoms with Gasteiger partial charge in [0.05, 0.1) is 30.9 Å². The molecule has 0 radical (unpaired) electrons. The van der Waals surface area contributed by atoms with E-state index in [4.69, 9.17) is 9.15 Å². The van der Waals surface area contributed by atoms with Crippen LogP contribution in [-0.4, -0.2) is 40.6 Å². The molecular weight excluding hydrogens is 533 g/mol. The van der Waals surface area contributed by atoms with Gasteiger partial charge in [-0.05, 0) is 77.0 Å². The number of methoxy groups -OCH3 is 1. The van der Waals surface area contributed by atoms with Gasteiger partial charge in [-0.3, -0.25) is 4.90 Å². The molecule has 0 saturated carbocycles. The number of furan rings is 1. The van der Waals surface area contributed by atoms with Crippen molar-refractivity contribution < 1.29 is 22.0 Å². The van der Waals surface area contributed by atoms with Gasteiger partial charge < -0.3 is 9.15 Å². The van der Waals surface area contributed by atoms with Crippen molar-refractivity contribution in [1.82, 2.24) is 25.1 Å². The molecule has 2 heterocycles. The van der Waals surface area contributed by atoms with Crippen molar-refractivity contribution in [3.05, 3.63) is 125 Å². The minimum absolute atomic E-state index is 0.160. The normalized spacial score (nSPS) is 12.5. The number of aryl methyl sites for hydroxylation is 1. The molecule has 5 aromatic rings. The van der Waals surface area contributed by atoms with E-state index in [1.54, 1.807) is 55.8 Å². The fourth-order valence-electron chi connectivity index (χ4n) is 4.49. The zero-order valence-electron chi connectivity index (χ0n) is 22.0. The number of nitrogens with zero attached hydrogens (tertiary/aromatic N) is 5. The number of hydrogen-bond acceptors (Lipinski definition) is 8. The molecule has 1 unspecified atom stereocenters. The predicted molar refractivity (Wildman–Crippen MR) is 145 cm³/mol. The first-order valence-electron chi connectivity index (χ1n) is 12.5. The van der Waals surface area contributed by atoms with Gasteiger partial charge in [-0.2, -0.15) is 0 Å². The summed E-state index contributed by atoms with van der Waals surface area (Å²) in [6.07, 6.45) is 1.58. The number of ether oxygens (including phenoxy) is 1. The maximum absolute atomic E-state index is 14.5. The number of benzene rings is 3. The summed E-state index contributed by atoms with van der Waals surface area (Å²) in [6, 6.07) is 23.2. The number of sulfone groups is 1. The Kier molecular flexibility index (Phi) is 8.04. The van der Waals surface area contributed by atoms with Crippen LogP contribution in [0.1, 0.15) is 34.3 Å². The highest BCUT2D eigenvalue weighted by Gasteiger charge is 2.31. The largest absolute Gasteiger partial charge is 0.497 e. The summed E-state index contributed by atoms with van der Waals surface area (Å²) in [5.74, 6) is 0.716. The van der Waals surface area contributed by atoms with Crippen LogP contribution in [0.4, 0.5) is 4.39 Å². The number of rotatable bonds is 11. The molecule has 11 heteroatoms. The average molecular weight is 562 g/mol. The number of aromatic nitrogens is 4. The molecule has 0 bridgehead atoms. The number of halogens is 1. The topological polar surface area (TPSA) is 103 Å². The summed E-state index contributed by atoms with van der Waals surface area (Å²) in [4.78, 5) is 2.17. The lowest BCUT2D eigenvalue weighted by Gasteiger charge is -2.31. The van der Waals surface area contributed by atoms with Gasteiger partial charge in [0.2, 0.25) is 0 Å². The molecule has 1 atom stereocenters. The van der Waals surface area contributed by atoms with E-state index in [0.29, 0.717) is 30.2 Å². The molecule has 0 aliphatic rings. The molecule has 5 rings (SSSR count). The lowest BCUT2D eigenvalue weighted by Crippen LogP contribution is -2.32. The standard InChI is InChI=1S/C29H28FN5O4S/c1-21-8-14-27(15-9-21)40(36,37)20-35-29(31-32-33-35)28(23-5-3-6-24(30)17-23)34(19-26-7-4-16-39-26)18-22-10-12-25(38-2)13-11-22/h3-17,28H,18-20H2,1-2H3. The first kappa shape index (κ1) is 27.2. The van der Waals surface area contributed by atoms with E-state index in [-0.39, 0.29) is 10.7 Å². The molecule has 0 N–H and O–H groups in total. The van der Waals surface area contributed by atoms with Gasteiger partial charge in [0.25, 0.3) is 0 Å². The summed E-state index contributed by atoms with van der Waals surface area (Å²) in [5, 5.41) is 12.1. The molecule has 9 nitrogen and oxygen atoms in total. The Labute approximate surface area is 231 Å². The van der Waals surface area contributed by atoms with Crippen LogP contribution in [0, 0.1) is 12.7 Å². The van der Waals surface area contributed by atoms with Gasteiger partial charge in [0.1, 0.15) is 17.3 Å². The van der Waals surface area contributed by atoms with E-state index < -0.39 is 27.6 Å². The van der Waals surface area contributed by atoms with E-state index in [2.05, 4.69) is 15.5 Å². The minimum Gasteiger partial charge on any atom is -0.497 e. The van der Waals surface area contributed by atoms with Gasteiger partial charge in [0.15, 0.2) is 21.5 Å². The van der Waals surface area contributed by atoms with Gasteiger partial charge in [0, 0.05) is 6.54 Å². The fourth-order valence-corrected chi connectivity index (χ4v) is 5.69. The maximum Gasteiger partial charge on any atom is 0.198 e. The lowest BCUT2D eigenvalue weighted by molar-refractivity contribution is 0.180. The molecule has 2 aromatic heterocycles. The Balaban J connectivity index is 1.58. The smallest absolute Gasteiger partial charge is 0.198 e. The third-order valence-electron chi connectivity index (χ3n) is 6.49. The second-order valence-corrected chi connectivity index (χ2v) is 11.3. The molecule has 0 fully saturated rings. The Bertz CT molecular complexity index is 1650. The van der Waals surface area contributed by atoms with Crippen molar-refractivity contribution in [2.24, 2.45) is 0 Å². The molecule has 0 aliphatic carbocycles. The SMILES string of the molecule is COc1ccc(CN(Cc2ccco2)C(c2cccc(F)c2)c2nnnn2CS(=O)(=O)c2ccc(C)cc2)cc1. The molecule has 0 spiro atoms. The van der Waals surface area contributed by atoms with Gasteiger partial charge >= 0.3 is 0 Å². The van der Waals surface area contributed by atoms with Crippen LogP contribution >= 0.6 is 0 Å². The quantitative estimate of drug-likeness (QED) is 0.223. The van der Waals surface area contributed by atoms with Crippen molar-refractivity contribution in [3.63, 3.8) is 0 Å². The third-order valence-corrected chi connectivity index (χ3v) is 8.06. The van der Waals surface area contributed by atoms with Gasteiger partial charge in [-0.25, -0.2) is 17.5 Å². The summed E-state index contributed by atoms with van der Waals surface area (Å²) >= 11 is 0. The highest BCUT2D eigenvalue weighted by atomic mass is 32.2. The summed E-state index contributed by atoms with van der Waals surface area (Å²) < 4.78 is 53.4. The van der Waals surface area contributed by atoms with E-state index in [1.807, 2.05) is 42.2 Å². The van der Waals surface area contributed by atoms with Crippen LogP contribution in [0.3, 0.4) is 0 Å². The second kappa shape index (κ2) is 11.8. The minimum atomic E-state index is -3.79. The Morgan fingerprint density at radius 2 is 1.77 bits per heavy atom. The highest BCUT2D eigenvalue weighted by Crippen LogP contribution is 2.32. The molecule has 0 aliphatic heterocycles. The zero-order valence-corrected chi connectivity index (χ0v) is 22.8. The number of tetrazole rings is 1. The van der Waals surface area contributed by atoms with E-state index in [0.717, 1.165) is 11.1 Å². The van der Waals surface area contributed by atoms with Crippen LogP contribution in [0.15, 0.2) is 101 Å². The highest BCUT2D eigenvalue weighted by molar-refractivity contribution is 7.90. The second-order valence-electron chi connectivity index (χ2n) is 9.38. The van der Waals surface area contributed by atoms with E-state index in [9.17, 15) is 12.8 Å². The zero-order chi connectivity index (χ0) is 28.1. The van der Waals surface area contributed by atoms with Gasteiger partial charge in [-0.1, -0.05) is 42.0 Å². The molecule has 206 valence electrons. The Hall–Kier alpha value is -4.35. The molecule has 0 amide bonds. The van der Waals surface area contributed by atoms with Crippen molar-refractivity contribution in [1.29, 1.82) is 0 Å². The molecule has 0 saturated heterocycles. The van der Waals surface area contributed by atoms with Gasteiger partial charge in [-0.15, -0.1) is 5.10 Å². The monoisotopic (exact) mass is 561 g/mol. The van der Waals surface area contributed by atoms with E-state index in [1.165, 1.54) is 16.8 Å². The maximum atomic E-state index is 14.5. The first-order chi connectivity index (χ1) is 19.3. The van der Waals surface area contributed by atoms with Crippen molar-refractivity contribution >= 4 is 9.84 Å². The molecule has 40 heavy (non-hydrogen) atoms. The fraction of sp³-hybridized carbons (Fsp3) is 0.207. The molecular formula is C29H28FN5O4S. The van der Waals surface area contributed by atoms with Crippen molar-refractivity contribution in [2.45, 2.75) is 36.8 Å². The first-order valence-corrected chi connectivity index (χ1v) is 14.2. The summed E-state index contributed by atoms with van der Waals surface area (Å²) in [6.45, 7) is 2.59. The Morgan fingerprint density at radius 3 is 2.45 bits per heavy atom. The van der Waals surface area contributed by atoms with Crippen LogP contribution in [0.5, 0.6) is 5.75 Å². The van der Waals surface area contributed by atoms with Crippen LogP contribution in [0.25, 0.3) is 0 Å². The van der Waals surface area contributed by atoms with E-state index >= 15 is 0 Å². The molecule has 3 aromatic carbocycles. The Morgan fingerprint density at radius 1 is 1.00 bits per heavy atom.